The van der Waals surface area contributed by atoms with E-state index in [4.69, 9.17) is 5.73 Å². The smallest absolute Gasteiger partial charge is 0.327 e. The van der Waals surface area contributed by atoms with Crippen molar-refractivity contribution in [1.82, 2.24) is 0 Å². The van der Waals surface area contributed by atoms with E-state index >= 15 is 0 Å². The van der Waals surface area contributed by atoms with Gasteiger partial charge in [0, 0.05) is 6.04 Å². The Balaban J connectivity index is 2.05. The summed E-state index contributed by atoms with van der Waals surface area (Å²) in [5.41, 5.74) is 5.61. The van der Waals surface area contributed by atoms with Gasteiger partial charge in [-0.25, -0.2) is 0 Å². The highest BCUT2D eigenvalue weighted by Crippen LogP contribution is 2.61. The van der Waals surface area contributed by atoms with Crippen molar-refractivity contribution in [2.75, 3.05) is 0 Å². The largest absolute Gasteiger partial charge is 0.392 e. The number of alkyl halides is 3. The first-order valence-corrected chi connectivity index (χ1v) is 4.34. The minimum Gasteiger partial charge on any atom is -0.327 e. The molecule has 0 aromatic carbocycles. The minimum absolute atomic E-state index is 0.145. The van der Waals surface area contributed by atoms with Gasteiger partial charge in [0.1, 0.15) is 0 Å². The summed E-state index contributed by atoms with van der Waals surface area (Å²) in [5, 5.41) is 0. The van der Waals surface area contributed by atoms with Gasteiger partial charge < -0.3 is 5.73 Å². The number of halogens is 3. The number of hydrogen-bond donors (Lipinski definition) is 1. The third kappa shape index (κ3) is 1.13. The summed E-state index contributed by atoms with van der Waals surface area (Å²) in [5.74, 6) is -1.47. The highest BCUT2D eigenvalue weighted by molar-refractivity contribution is 5.07. The minimum atomic E-state index is -4.00. The summed E-state index contributed by atoms with van der Waals surface area (Å²) in [4.78, 5) is 0. The van der Waals surface area contributed by atoms with Gasteiger partial charge in [-0.15, -0.1) is 0 Å². The molecular formula is C8H12F3N. The van der Waals surface area contributed by atoms with Crippen LogP contribution in [0, 0.1) is 17.8 Å². The second kappa shape index (κ2) is 2.37. The van der Waals surface area contributed by atoms with Gasteiger partial charge >= 0.3 is 6.18 Å². The average Bonchev–Trinajstić information content (AvgIpc) is 2.60. The summed E-state index contributed by atoms with van der Waals surface area (Å²) in [6.45, 7) is 0. The molecule has 0 aromatic rings. The Kier molecular flexibility index (Phi) is 1.65. The fourth-order valence-corrected chi connectivity index (χ4v) is 2.60. The molecule has 2 saturated carbocycles. The number of hydrogen-bond acceptors (Lipinski definition) is 1. The van der Waals surface area contributed by atoms with E-state index in [1.54, 1.807) is 0 Å². The molecule has 2 aliphatic carbocycles. The molecule has 4 atom stereocenters. The van der Waals surface area contributed by atoms with Gasteiger partial charge in [-0.2, -0.15) is 13.2 Å². The summed E-state index contributed by atoms with van der Waals surface area (Å²) in [6, 6.07) is -0.199. The van der Waals surface area contributed by atoms with Crippen molar-refractivity contribution < 1.29 is 13.2 Å². The average molecular weight is 179 g/mol. The molecule has 12 heavy (non-hydrogen) atoms. The van der Waals surface area contributed by atoms with Crippen LogP contribution in [0.3, 0.4) is 0 Å². The van der Waals surface area contributed by atoms with Gasteiger partial charge in [0.05, 0.1) is 5.92 Å². The van der Waals surface area contributed by atoms with Crippen LogP contribution >= 0.6 is 0 Å². The van der Waals surface area contributed by atoms with Crippen molar-refractivity contribution in [1.29, 1.82) is 0 Å². The summed E-state index contributed by atoms with van der Waals surface area (Å²) in [6.07, 6.45) is -1.64. The molecule has 0 spiro atoms. The van der Waals surface area contributed by atoms with Crippen molar-refractivity contribution in [2.45, 2.75) is 31.5 Å². The summed E-state index contributed by atoms with van der Waals surface area (Å²) in [7, 11) is 0. The van der Waals surface area contributed by atoms with E-state index < -0.39 is 12.1 Å². The van der Waals surface area contributed by atoms with E-state index in [9.17, 15) is 13.2 Å². The van der Waals surface area contributed by atoms with Gasteiger partial charge in [0.15, 0.2) is 0 Å². The second-order valence-electron chi connectivity index (χ2n) is 3.90. The van der Waals surface area contributed by atoms with Crippen LogP contribution in [-0.4, -0.2) is 12.2 Å². The van der Waals surface area contributed by atoms with Gasteiger partial charge in [0.25, 0.3) is 0 Å². The van der Waals surface area contributed by atoms with Crippen molar-refractivity contribution in [2.24, 2.45) is 23.5 Å². The van der Waals surface area contributed by atoms with Crippen LogP contribution in [0.2, 0.25) is 0 Å². The van der Waals surface area contributed by atoms with Crippen molar-refractivity contribution in [3.63, 3.8) is 0 Å². The maximum atomic E-state index is 12.3. The molecule has 2 N–H and O–H groups in total. The van der Waals surface area contributed by atoms with E-state index in [1.807, 2.05) is 0 Å². The highest BCUT2D eigenvalue weighted by Gasteiger charge is 2.66. The van der Waals surface area contributed by atoms with E-state index in [2.05, 4.69) is 0 Å². The topological polar surface area (TPSA) is 26.0 Å². The fourth-order valence-electron chi connectivity index (χ4n) is 2.60. The SMILES string of the molecule is N[C@@H]1CCC[C@@H]2[C@H]1[C@H]2C(F)(F)F. The van der Waals surface area contributed by atoms with Crippen LogP contribution < -0.4 is 5.73 Å². The lowest BCUT2D eigenvalue weighted by atomic mass is 9.96. The monoisotopic (exact) mass is 179 g/mol. The normalized spacial score (nSPS) is 47.0. The number of fused-ring (bicyclic) bond motifs is 1. The van der Waals surface area contributed by atoms with Crippen LogP contribution in [0.4, 0.5) is 13.2 Å². The Bertz CT molecular complexity index is 189. The van der Waals surface area contributed by atoms with Gasteiger partial charge in [-0.3, -0.25) is 0 Å². The molecule has 0 aromatic heterocycles. The molecule has 0 saturated heterocycles. The van der Waals surface area contributed by atoms with E-state index in [-0.39, 0.29) is 17.9 Å². The molecule has 0 amide bonds. The van der Waals surface area contributed by atoms with Gasteiger partial charge in [-0.05, 0) is 24.7 Å². The maximum absolute atomic E-state index is 12.3. The Morgan fingerprint density at radius 3 is 2.33 bits per heavy atom. The molecule has 4 heteroatoms. The van der Waals surface area contributed by atoms with Gasteiger partial charge in [-0.1, -0.05) is 6.42 Å². The first kappa shape index (κ1) is 8.35. The molecule has 0 heterocycles. The van der Waals surface area contributed by atoms with E-state index in [0.29, 0.717) is 0 Å². The zero-order valence-corrected chi connectivity index (χ0v) is 6.64. The lowest BCUT2D eigenvalue weighted by molar-refractivity contribution is -0.154. The quantitative estimate of drug-likeness (QED) is 0.604. The Morgan fingerprint density at radius 1 is 1.17 bits per heavy atom. The van der Waals surface area contributed by atoms with Crippen LogP contribution in [0.5, 0.6) is 0 Å². The number of rotatable bonds is 0. The first-order valence-electron chi connectivity index (χ1n) is 4.34. The van der Waals surface area contributed by atoms with Gasteiger partial charge in [0.2, 0.25) is 0 Å². The first-order chi connectivity index (χ1) is 5.52. The summed E-state index contributed by atoms with van der Waals surface area (Å²) < 4.78 is 36.8. The predicted molar refractivity (Wildman–Crippen MR) is 38.4 cm³/mol. The third-order valence-corrected chi connectivity index (χ3v) is 3.18. The van der Waals surface area contributed by atoms with E-state index in [1.165, 1.54) is 0 Å². The Labute approximate surface area is 69.1 Å². The molecule has 2 rings (SSSR count). The lowest BCUT2D eigenvalue weighted by Crippen LogP contribution is -2.27. The second-order valence-corrected chi connectivity index (χ2v) is 3.90. The van der Waals surface area contributed by atoms with Crippen LogP contribution in [0.15, 0.2) is 0 Å². The molecule has 2 fully saturated rings. The Hall–Kier alpha value is -0.250. The predicted octanol–water partition coefficient (Wildman–Crippen LogP) is 1.92. The highest BCUT2D eigenvalue weighted by atomic mass is 19.4. The Morgan fingerprint density at radius 2 is 1.83 bits per heavy atom. The van der Waals surface area contributed by atoms with Crippen LogP contribution in [0.1, 0.15) is 19.3 Å². The number of nitrogens with two attached hydrogens (primary N) is 1. The van der Waals surface area contributed by atoms with Crippen LogP contribution in [-0.2, 0) is 0 Å². The molecular weight excluding hydrogens is 167 g/mol. The van der Waals surface area contributed by atoms with Crippen molar-refractivity contribution >= 4 is 0 Å². The fraction of sp³-hybridized carbons (Fsp3) is 1.00. The molecule has 1 nitrogen and oxygen atoms in total. The third-order valence-electron chi connectivity index (χ3n) is 3.18. The molecule has 2 aliphatic rings. The zero-order chi connectivity index (χ0) is 8.93. The molecule has 70 valence electrons. The van der Waals surface area contributed by atoms with Crippen molar-refractivity contribution in [3.05, 3.63) is 0 Å². The van der Waals surface area contributed by atoms with E-state index in [0.717, 1.165) is 19.3 Å². The molecule has 0 unspecified atom stereocenters. The standard InChI is InChI=1S/C8H12F3N/c9-8(10,11)7-4-2-1-3-5(12)6(4)7/h4-7H,1-3,12H2/t4-,5-,6-,7+/m1/s1. The lowest BCUT2D eigenvalue weighted by Gasteiger charge is -2.15. The van der Waals surface area contributed by atoms with Crippen LogP contribution in [0.25, 0.3) is 0 Å². The molecule has 0 aliphatic heterocycles. The molecule has 0 radical (unpaired) electrons. The summed E-state index contributed by atoms with van der Waals surface area (Å²) >= 11 is 0. The zero-order valence-electron chi connectivity index (χ0n) is 6.64. The van der Waals surface area contributed by atoms with Crippen molar-refractivity contribution in [3.8, 4) is 0 Å². The molecule has 0 bridgehead atoms. The maximum Gasteiger partial charge on any atom is 0.392 e.